The Balaban J connectivity index is 1.77. The van der Waals surface area contributed by atoms with Gasteiger partial charge in [-0.05, 0) is 55.7 Å². The minimum absolute atomic E-state index is 0.0747. The standard InChI is InChI=1S/C21H24N4O3S/c1-4-10-27-17-9-8-16(18(26)11-17)12-22-25-19(23-24-21(25)29)13-28-20-14(2)6-5-7-15(20)3/h5-9,11-12,26H,4,10,13H2,1-3H3,(H,24,29)/b22-12+. The van der Waals surface area contributed by atoms with E-state index in [1.165, 1.54) is 10.9 Å². The third-order valence-electron chi connectivity index (χ3n) is 4.26. The van der Waals surface area contributed by atoms with Crippen LogP contribution in [0.25, 0.3) is 0 Å². The summed E-state index contributed by atoms with van der Waals surface area (Å²) in [5.74, 6) is 2.03. The second-order valence-electron chi connectivity index (χ2n) is 6.58. The molecule has 0 fully saturated rings. The van der Waals surface area contributed by atoms with Gasteiger partial charge in [-0.2, -0.15) is 14.9 Å². The molecule has 0 aliphatic heterocycles. The summed E-state index contributed by atoms with van der Waals surface area (Å²) in [4.78, 5) is 0. The molecule has 1 heterocycles. The van der Waals surface area contributed by atoms with Gasteiger partial charge in [0.2, 0.25) is 4.77 Å². The molecule has 0 amide bonds. The molecular weight excluding hydrogens is 388 g/mol. The fourth-order valence-corrected chi connectivity index (χ4v) is 2.96. The van der Waals surface area contributed by atoms with E-state index in [4.69, 9.17) is 21.7 Å². The van der Waals surface area contributed by atoms with Crippen molar-refractivity contribution in [2.24, 2.45) is 5.10 Å². The topological polar surface area (TPSA) is 84.7 Å². The molecule has 1 aromatic heterocycles. The van der Waals surface area contributed by atoms with Crippen molar-refractivity contribution in [2.75, 3.05) is 6.61 Å². The maximum atomic E-state index is 10.2. The minimum Gasteiger partial charge on any atom is -0.507 e. The molecule has 8 heteroatoms. The van der Waals surface area contributed by atoms with Crippen molar-refractivity contribution in [3.63, 3.8) is 0 Å². The Hall–Kier alpha value is -3.13. The van der Waals surface area contributed by atoms with Crippen LogP contribution in [0.5, 0.6) is 17.2 Å². The molecule has 0 atom stereocenters. The highest BCUT2D eigenvalue weighted by molar-refractivity contribution is 7.71. The Bertz CT molecular complexity index is 1050. The summed E-state index contributed by atoms with van der Waals surface area (Å²) in [5, 5.41) is 21.5. The lowest BCUT2D eigenvalue weighted by Gasteiger charge is -2.11. The summed E-state index contributed by atoms with van der Waals surface area (Å²) in [6.07, 6.45) is 2.42. The number of phenols is 1. The Morgan fingerprint density at radius 2 is 1.97 bits per heavy atom. The van der Waals surface area contributed by atoms with Gasteiger partial charge in [0.1, 0.15) is 23.9 Å². The molecule has 7 nitrogen and oxygen atoms in total. The summed E-state index contributed by atoms with van der Waals surface area (Å²) in [5.41, 5.74) is 2.63. The van der Waals surface area contributed by atoms with Crippen molar-refractivity contribution in [1.29, 1.82) is 0 Å². The lowest BCUT2D eigenvalue weighted by Crippen LogP contribution is -2.05. The fourth-order valence-electron chi connectivity index (χ4n) is 2.76. The molecule has 152 valence electrons. The van der Waals surface area contributed by atoms with Crippen LogP contribution in [0.4, 0.5) is 0 Å². The van der Waals surface area contributed by atoms with Crippen LogP contribution in [0.3, 0.4) is 0 Å². The van der Waals surface area contributed by atoms with Crippen molar-refractivity contribution in [1.82, 2.24) is 14.9 Å². The smallest absolute Gasteiger partial charge is 0.216 e. The first-order chi connectivity index (χ1) is 14.0. The van der Waals surface area contributed by atoms with Crippen LogP contribution in [0.1, 0.15) is 35.9 Å². The van der Waals surface area contributed by atoms with Crippen molar-refractivity contribution >= 4 is 18.4 Å². The van der Waals surface area contributed by atoms with Crippen LogP contribution in [-0.2, 0) is 6.61 Å². The number of nitrogens with zero attached hydrogens (tertiary/aromatic N) is 3. The quantitative estimate of drug-likeness (QED) is 0.420. The fraction of sp³-hybridized carbons (Fsp3) is 0.286. The number of aromatic amines is 1. The van der Waals surface area contributed by atoms with Crippen LogP contribution in [-0.4, -0.2) is 32.8 Å². The van der Waals surface area contributed by atoms with E-state index in [0.717, 1.165) is 23.3 Å². The van der Waals surface area contributed by atoms with Crippen LogP contribution in [0.15, 0.2) is 41.5 Å². The molecule has 0 aliphatic carbocycles. The first-order valence-corrected chi connectivity index (χ1v) is 9.76. The van der Waals surface area contributed by atoms with Gasteiger partial charge >= 0.3 is 0 Å². The predicted octanol–water partition coefficient (Wildman–Crippen LogP) is 4.51. The number of benzene rings is 2. The van der Waals surface area contributed by atoms with Crippen LogP contribution < -0.4 is 9.47 Å². The third-order valence-corrected chi connectivity index (χ3v) is 4.52. The summed E-state index contributed by atoms with van der Waals surface area (Å²) in [6, 6.07) is 11.1. The van der Waals surface area contributed by atoms with Gasteiger partial charge in [-0.3, -0.25) is 0 Å². The number of phenolic OH excluding ortho intramolecular Hbond substituents is 1. The number of nitrogens with one attached hydrogen (secondary N) is 1. The van der Waals surface area contributed by atoms with Crippen LogP contribution >= 0.6 is 12.2 Å². The average Bonchev–Trinajstić information content (AvgIpc) is 3.05. The summed E-state index contributed by atoms with van der Waals surface area (Å²) in [7, 11) is 0. The van der Waals surface area contributed by atoms with Gasteiger partial charge in [0, 0.05) is 11.6 Å². The van der Waals surface area contributed by atoms with Crippen molar-refractivity contribution in [3.05, 3.63) is 63.7 Å². The zero-order valence-electron chi connectivity index (χ0n) is 16.7. The van der Waals surface area contributed by atoms with E-state index in [0.29, 0.717) is 28.5 Å². The summed E-state index contributed by atoms with van der Waals surface area (Å²) in [6.45, 7) is 6.81. The molecule has 3 aromatic rings. The number of aromatic hydroxyl groups is 1. The Labute approximate surface area is 174 Å². The van der Waals surface area contributed by atoms with Crippen molar-refractivity contribution in [3.8, 4) is 17.2 Å². The molecule has 0 aliphatic rings. The SMILES string of the molecule is CCCOc1ccc(/C=N/n2c(COc3c(C)cccc3C)n[nH]c2=S)c(O)c1. The highest BCUT2D eigenvalue weighted by Crippen LogP contribution is 2.24. The van der Waals surface area contributed by atoms with Gasteiger partial charge in [-0.25, -0.2) is 5.10 Å². The minimum atomic E-state index is 0.0747. The molecule has 0 saturated carbocycles. The molecule has 2 aromatic carbocycles. The number of hydrogen-bond acceptors (Lipinski definition) is 6. The van der Waals surface area contributed by atoms with E-state index < -0.39 is 0 Å². The Kier molecular flexibility index (Phi) is 6.66. The first kappa shape index (κ1) is 20.6. The van der Waals surface area contributed by atoms with Crippen molar-refractivity contribution < 1.29 is 14.6 Å². The van der Waals surface area contributed by atoms with E-state index in [-0.39, 0.29) is 12.4 Å². The second-order valence-corrected chi connectivity index (χ2v) is 6.97. The van der Waals surface area contributed by atoms with Crippen LogP contribution in [0.2, 0.25) is 0 Å². The van der Waals surface area contributed by atoms with Crippen molar-refractivity contribution in [2.45, 2.75) is 33.8 Å². The van der Waals surface area contributed by atoms with E-state index in [1.807, 2.05) is 39.0 Å². The second kappa shape index (κ2) is 9.38. The monoisotopic (exact) mass is 412 g/mol. The van der Waals surface area contributed by atoms with Gasteiger partial charge in [-0.1, -0.05) is 25.1 Å². The van der Waals surface area contributed by atoms with Gasteiger partial charge in [0.25, 0.3) is 0 Å². The maximum Gasteiger partial charge on any atom is 0.216 e. The highest BCUT2D eigenvalue weighted by Gasteiger charge is 2.09. The molecule has 0 bridgehead atoms. The summed E-state index contributed by atoms with van der Waals surface area (Å²) < 4.78 is 13.3. The Morgan fingerprint density at radius 1 is 1.21 bits per heavy atom. The number of rotatable bonds is 8. The van der Waals surface area contributed by atoms with E-state index in [9.17, 15) is 5.11 Å². The number of aryl methyl sites for hydroxylation is 2. The molecule has 29 heavy (non-hydrogen) atoms. The molecule has 2 N–H and O–H groups in total. The number of hydrogen-bond donors (Lipinski definition) is 2. The molecule has 0 unspecified atom stereocenters. The Morgan fingerprint density at radius 3 is 2.66 bits per heavy atom. The molecule has 0 spiro atoms. The first-order valence-electron chi connectivity index (χ1n) is 9.35. The molecule has 0 radical (unpaired) electrons. The molecular formula is C21H24N4O3S. The average molecular weight is 413 g/mol. The highest BCUT2D eigenvalue weighted by atomic mass is 32.1. The zero-order valence-corrected chi connectivity index (χ0v) is 17.5. The van der Waals surface area contributed by atoms with Gasteiger partial charge < -0.3 is 14.6 Å². The van der Waals surface area contributed by atoms with Gasteiger partial charge in [0.05, 0.1) is 12.8 Å². The third kappa shape index (κ3) is 5.03. The summed E-state index contributed by atoms with van der Waals surface area (Å²) >= 11 is 5.27. The normalized spacial score (nSPS) is 11.1. The van der Waals surface area contributed by atoms with Gasteiger partial charge in [0.15, 0.2) is 5.82 Å². The number of para-hydroxylation sites is 1. The van der Waals surface area contributed by atoms with Crippen LogP contribution in [0, 0.1) is 18.6 Å². The van der Waals surface area contributed by atoms with Gasteiger partial charge in [-0.15, -0.1) is 0 Å². The molecule has 0 saturated heterocycles. The van der Waals surface area contributed by atoms with E-state index in [2.05, 4.69) is 15.3 Å². The predicted molar refractivity (Wildman–Crippen MR) is 115 cm³/mol. The number of ether oxygens (including phenoxy) is 2. The largest absolute Gasteiger partial charge is 0.507 e. The molecule has 3 rings (SSSR count). The van der Waals surface area contributed by atoms with E-state index >= 15 is 0 Å². The zero-order chi connectivity index (χ0) is 20.8. The lowest BCUT2D eigenvalue weighted by atomic mass is 10.1. The number of aromatic nitrogens is 3. The van der Waals surface area contributed by atoms with E-state index in [1.54, 1.807) is 18.2 Å². The maximum absolute atomic E-state index is 10.2. The number of H-pyrrole nitrogens is 1. The lowest BCUT2D eigenvalue weighted by molar-refractivity contribution is 0.287.